The molecular formula is C18H18N4OS. The van der Waals surface area contributed by atoms with Crippen LogP contribution >= 0.6 is 11.5 Å². The van der Waals surface area contributed by atoms with Crippen molar-refractivity contribution in [3.05, 3.63) is 47.5 Å². The molecule has 6 heteroatoms. The highest BCUT2D eigenvalue weighted by molar-refractivity contribution is 7.13. The fraction of sp³-hybridized carbons (Fsp3) is 0.333. The highest BCUT2D eigenvalue weighted by Gasteiger charge is 2.18. The second-order valence-electron chi connectivity index (χ2n) is 6.39. The standard InChI is InChI=1S/C18H18N4OS/c1-10(2)15-18-14(24-22-15)7-6-12(20-18)9-11(3)16-17-13(23-21-16)5-4-8-19-17/h4-8,10-11H,9H2,1-3H3. The molecular weight excluding hydrogens is 320 g/mol. The Morgan fingerprint density at radius 2 is 1.96 bits per heavy atom. The minimum atomic E-state index is 0.181. The van der Waals surface area contributed by atoms with Gasteiger partial charge in [0.15, 0.2) is 5.58 Å². The van der Waals surface area contributed by atoms with Crippen LogP contribution in [-0.2, 0) is 6.42 Å². The van der Waals surface area contributed by atoms with E-state index in [1.807, 2.05) is 12.1 Å². The van der Waals surface area contributed by atoms with E-state index in [0.29, 0.717) is 5.92 Å². The number of rotatable bonds is 4. The molecule has 4 aromatic heterocycles. The van der Waals surface area contributed by atoms with E-state index in [1.54, 1.807) is 6.20 Å². The highest BCUT2D eigenvalue weighted by Crippen LogP contribution is 2.29. The molecule has 0 saturated carbocycles. The zero-order valence-corrected chi connectivity index (χ0v) is 14.7. The van der Waals surface area contributed by atoms with Crippen LogP contribution in [0.25, 0.3) is 21.3 Å². The molecule has 4 heterocycles. The third-order valence-electron chi connectivity index (χ3n) is 4.19. The third kappa shape index (κ3) is 2.57. The number of hydrogen-bond donors (Lipinski definition) is 0. The summed E-state index contributed by atoms with van der Waals surface area (Å²) in [5, 5.41) is 4.21. The van der Waals surface area contributed by atoms with Crippen LogP contribution in [0.15, 0.2) is 35.0 Å². The molecule has 0 amide bonds. The van der Waals surface area contributed by atoms with E-state index in [9.17, 15) is 0 Å². The van der Waals surface area contributed by atoms with Crippen LogP contribution in [0, 0.1) is 0 Å². The number of aromatic nitrogens is 4. The molecule has 0 aliphatic carbocycles. The summed E-state index contributed by atoms with van der Waals surface area (Å²) < 4.78 is 11.1. The average molecular weight is 338 g/mol. The van der Waals surface area contributed by atoms with Crippen LogP contribution in [0.5, 0.6) is 0 Å². The Morgan fingerprint density at radius 1 is 1.08 bits per heavy atom. The monoisotopic (exact) mass is 338 g/mol. The quantitative estimate of drug-likeness (QED) is 0.540. The number of nitrogens with zero attached hydrogens (tertiary/aromatic N) is 4. The number of hydrogen-bond acceptors (Lipinski definition) is 6. The van der Waals surface area contributed by atoms with E-state index in [0.717, 1.165) is 44.8 Å². The highest BCUT2D eigenvalue weighted by atomic mass is 32.1. The van der Waals surface area contributed by atoms with Gasteiger partial charge in [-0.25, -0.2) is 4.98 Å². The van der Waals surface area contributed by atoms with Gasteiger partial charge in [0, 0.05) is 17.8 Å². The van der Waals surface area contributed by atoms with Crippen LogP contribution in [0.3, 0.4) is 0 Å². The van der Waals surface area contributed by atoms with E-state index in [2.05, 4.69) is 47.4 Å². The Hall–Kier alpha value is -2.34. The molecule has 0 spiro atoms. The third-order valence-corrected chi connectivity index (χ3v) is 5.00. The molecule has 5 nitrogen and oxygen atoms in total. The SMILES string of the molecule is CC(C)c1nsc2ccc(CC(C)c3noc4cccnc34)nc12. The molecule has 0 N–H and O–H groups in total. The second kappa shape index (κ2) is 5.94. The molecule has 24 heavy (non-hydrogen) atoms. The average Bonchev–Trinajstić information content (AvgIpc) is 3.18. The van der Waals surface area contributed by atoms with Gasteiger partial charge in [-0.2, -0.15) is 4.37 Å². The van der Waals surface area contributed by atoms with E-state index in [4.69, 9.17) is 9.51 Å². The first kappa shape index (κ1) is 15.2. The van der Waals surface area contributed by atoms with Gasteiger partial charge < -0.3 is 4.52 Å². The smallest absolute Gasteiger partial charge is 0.185 e. The first-order chi connectivity index (χ1) is 11.6. The lowest BCUT2D eigenvalue weighted by atomic mass is 10.00. The van der Waals surface area contributed by atoms with Gasteiger partial charge in [-0.1, -0.05) is 25.9 Å². The molecule has 0 bridgehead atoms. The van der Waals surface area contributed by atoms with Crippen LogP contribution in [0.1, 0.15) is 49.7 Å². The predicted molar refractivity (Wildman–Crippen MR) is 95.4 cm³/mol. The summed E-state index contributed by atoms with van der Waals surface area (Å²) in [6.45, 7) is 6.43. The molecule has 0 aliphatic rings. The molecule has 122 valence electrons. The molecule has 4 aromatic rings. The molecule has 0 radical (unpaired) electrons. The maximum atomic E-state index is 5.38. The van der Waals surface area contributed by atoms with Crippen LogP contribution < -0.4 is 0 Å². The molecule has 1 unspecified atom stereocenters. The van der Waals surface area contributed by atoms with Crippen molar-refractivity contribution in [1.82, 2.24) is 19.5 Å². The largest absolute Gasteiger partial charge is 0.354 e. The first-order valence-corrected chi connectivity index (χ1v) is 8.86. The van der Waals surface area contributed by atoms with E-state index in [-0.39, 0.29) is 5.92 Å². The van der Waals surface area contributed by atoms with Gasteiger partial charge >= 0.3 is 0 Å². The van der Waals surface area contributed by atoms with Gasteiger partial charge in [0.1, 0.15) is 16.7 Å². The molecule has 1 atom stereocenters. The normalized spacial score (nSPS) is 13.2. The summed E-state index contributed by atoms with van der Waals surface area (Å²) in [6, 6.07) is 7.94. The summed E-state index contributed by atoms with van der Waals surface area (Å²) in [6.07, 6.45) is 2.56. The van der Waals surface area contributed by atoms with Crippen LogP contribution in [-0.4, -0.2) is 19.5 Å². The fourth-order valence-corrected chi connectivity index (χ4v) is 3.77. The van der Waals surface area contributed by atoms with Gasteiger partial charge in [0.25, 0.3) is 0 Å². The lowest BCUT2D eigenvalue weighted by molar-refractivity contribution is 0.438. The van der Waals surface area contributed by atoms with E-state index < -0.39 is 0 Å². The Labute approximate surface area is 143 Å². The predicted octanol–water partition coefficient (Wildman–Crippen LogP) is 4.70. The molecule has 0 aromatic carbocycles. The van der Waals surface area contributed by atoms with Gasteiger partial charge in [0.05, 0.1) is 10.4 Å². The second-order valence-corrected chi connectivity index (χ2v) is 7.20. The topological polar surface area (TPSA) is 64.7 Å². The van der Waals surface area contributed by atoms with Gasteiger partial charge in [-0.15, -0.1) is 0 Å². The minimum absolute atomic E-state index is 0.181. The molecule has 4 rings (SSSR count). The van der Waals surface area contributed by atoms with Crippen LogP contribution in [0.4, 0.5) is 0 Å². The van der Waals surface area contributed by atoms with E-state index >= 15 is 0 Å². The molecule has 0 saturated heterocycles. The van der Waals surface area contributed by atoms with Crippen molar-refractivity contribution in [3.8, 4) is 0 Å². The number of pyridine rings is 2. The van der Waals surface area contributed by atoms with Crippen molar-refractivity contribution in [2.75, 3.05) is 0 Å². The molecule has 0 fully saturated rings. The minimum Gasteiger partial charge on any atom is -0.354 e. The Kier molecular flexibility index (Phi) is 3.76. The van der Waals surface area contributed by atoms with Crippen molar-refractivity contribution in [3.63, 3.8) is 0 Å². The maximum absolute atomic E-state index is 5.38. The van der Waals surface area contributed by atoms with Gasteiger partial charge in [0.2, 0.25) is 0 Å². The first-order valence-electron chi connectivity index (χ1n) is 8.09. The zero-order valence-electron chi connectivity index (χ0n) is 13.9. The lowest BCUT2D eigenvalue weighted by Crippen LogP contribution is -2.02. The van der Waals surface area contributed by atoms with Crippen molar-refractivity contribution in [2.45, 2.75) is 39.0 Å². The summed E-state index contributed by atoms with van der Waals surface area (Å²) in [4.78, 5) is 9.25. The summed E-state index contributed by atoms with van der Waals surface area (Å²) in [5.74, 6) is 0.558. The summed E-state index contributed by atoms with van der Waals surface area (Å²) in [7, 11) is 0. The van der Waals surface area contributed by atoms with Crippen molar-refractivity contribution < 1.29 is 4.52 Å². The molecule has 0 aliphatic heterocycles. The van der Waals surface area contributed by atoms with Gasteiger partial charge in [-0.3, -0.25) is 4.98 Å². The maximum Gasteiger partial charge on any atom is 0.185 e. The van der Waals surface area contributed by atoms with Gasteiger partial charge in [-0.05, 0) is 48.1 Å². The van der Waals surface area contributed by atoms with Crippen molar-refractivity contribution in [1.29, 1.82) is 0 Å². The zero-order chi connectivity index (χ0) is 16.7. The Balaban J connectivity index is 1.67. The number of fused-ring (bicyclic) bond motifs is 2. The fourth-order valence-electron chi connectivity index (χ4n) is 2.91. The van der Waals surface area contributed by atoms with Crippen molar-refractivity contribution in [2.24, 2.45) is 0 Å². The van der Waals surface area contributed by atoms with Crippen LogP contribution in [0.2, 0.25) is 0 Å². The lowest BCUT2D eigenvalue weighted by Gasteiger charge is -2.08. The summed E-state index contributed by atoms with van der Waals surface area (Å²) >= 11 is 1.52. The Morgan fingerprint density at radius 3 is 2.79 bits per heavy atom. The van der Waals surface area contributed by atoms with E-state index in [1.165, 1.54) is 11.5 Å². The summed E-state index contributed by atoms with van der Waals surface area (Å²) in [5.41, 5.74) is 5.61. The van der Waals surface area contributed by atoms with Crippen molar-refractivity contribution >= 4 is 32.8 Å². The Bertz CT molecular complexity index is 1000.